The molecule has 1 aromatic heterocycles. The lowest BCUT2D eigenvalue weighted by atomic mass is 9.90. The second-order valence-corrected chi connectivity index (χ2v) is 8.62. The van der Waals surface area contributed by atoms with Gasteiger partial charge in [-0.15, -0.1) is 0 Å². The molecule has 3 heterocycles. The zero-order valence-corrected chi connectivity index (χ0v) is 19.7. The van der Waals surface area contributed by atoms with Crippen LogP contribution in [0.2, 0.25) is 0 Å². The first kappa shape index (κ1) is 21.4. The third kappa shape index (κ3) is 3.64. The van der Waals surface area contributed by atoms with Gasteiger partial charge in [-0.2, -0.15) is 4.57 Å². The van der Waals surface area contributed by atoms with Gasteiger partial charge in [0.2, 0.25) is 12.5 Å². The summed E-state index contributed by atoms with van der Waals surface area (Å²) >= 11 is 0. The van der Waals surface area contributed by atoms with Gasteiger partial charge in [-0.25, -0.2) is 0 Å². The zero-order valence-electron chi connectivity index (χ0n) is 19.7. The average Bonchev–Trinajstić information content (AvgIpc) is 3.34. The minimum absolute atomic E-state index is 0.216. The van der Waals surface area contributed by atoms with Gasteiger partial charge in [0.1, 0.15) is 11.5 Å². The Hall–Kier alpha value is -4.13. The minimum Gasteiger partial charge on any atom is -0.508 e. The highest BCUT2D eigenvalue weighted by Crippen LogP contribution is 2.43. The largest absolute Gasteiger partial charge is 0.508 e. The number of ether oxygens (including phenoxy) is 5. The Morgan fingerprint density at radius 1 is 0.943 bits per heavy atom. The zero-order chi connectivity index (χ0) is 23.9. The van der Waals surface area contributed by atoms with E-state index in [1.807, 2.05) is 6.07 Å². The van der Waals surface area contributed by atoms with E-state index in [1.54, 1.807) is 38.5 Å². The number of aryl methyl sites for hydroxylation is 2. The molecule has 35 heavy (non-hydrogen) atoms. The highest BCUT2D eigenvalue weighted by molar-refractivity contribution is 5.95. The van der Waals surface area contributed by atoms with Crippen LogP contribution in [-0.2, 0) is 19.4 Å². The summed E-state index contributed by atoms with van der Waals surface area (Å²) in [5.41, 5.74) is 4.72. The highest BCUT2D eigenvalue weighted by atomic mass is 16.7. The number of aromatic nitrogens is 1. The lowest BCUT2D eigenvalue weighted by Gasteiger charge is -2.21. The van der Waals surface area contributed by atoms with Gasteiger partial charge in [0, 0.05) is 23.8 Å². The van der Waals surface area contributed by atoms with E-state index in [9.17, 15) is 5.11 Å². The molecule has 1 N–H and O–H groups in total. The van der Waals surface area contributed by atoms with Crippen LogP contribution in [0, 0.1) is 0 Å². The van der Waals surface area contributed by atoms with Crippen LogP contribution in [0.4, 0.5) is 0 Å². The SMILES string of the molecule is COc1ccc2c(CCOc3ccc(O)cc3)c3[n+](cc2c1OC)CCc1cc2c(cc1-3)OCO2. The van der Waals surface area contributed by atoms with Crippen molar-refractivity contribution in [1.29, 1.82) is 0 Å². The Balaban J connectivity index is 1.50. The standard InChI is InChI=1S/C28H25NO6/c1-31-24-8-7-20-21(10-12-33-19-5-3-18(30)4-6-19)27-22-14-26-25(34-16-35-26)13-17(22)9-11-29(27)15-23(20)28(24)32-2/h3-8,13-15H,9-12,16H2,1-2H3/p+1. The number of aromatic hydroxyl groups is 1. The van der Waals surface area contributed by atoms with Gasteiger partial charge in [-0.1, -0.05) is 0 Å². The quantitative estimate of drug-likeness (QED) is 0.419. The lowest BCUT2D eigenvalue weighted by molar-refractivity contribution is -0.686. The van der Waals surface area contributed by atoms with Gasteiger partial charge < -0.3 is 28.8 Å². The molecule has 3 aromatic carbocycles. The predicted octanol–water partition coefficient (Wildman–Crippen LogP) is 4.42. The van der Waals surface area contributed by atoms with Crippen LogP contribution in [0.5, 0.6) is 34.5 Å². The lowest BCUT2D eigenvalue weighted by Crippen LogP contribution is -2.41. The molecule has 6 rings (SSSR count). The minimum atomic E-state index is 0.216. The molecule has 0 amide bonds. The van der Waals surface area contributed by atoms with Crippen LogP contribution in [0.1, 0.15) is 11.1 Å². The Kier molecular flexibility index (Phi) is 5.25. The molecule has 7 nitrogen and oxygen atoms in total. The van der Waals surface area contributed by atoms with E-state index in [1.165, 1.54) is 11.1 Å². The molecule has 0 bridgehead atoms. The van der Waals surface area contributed by atoms with E-state index in [0.717, 1.165) is 52.2 Å². The molecule has 178 valence electrons. The molecule has 0 spiro atoms. The first-order valence-corrected chi connectivity index (χ1v) is 11.6. The van der Waals surface area contributed by atoms with Crippen LogP contribution >= 0.6 is 0 Å². The fourth-order valence-corrected chi connectivity index (χ4v) is 5.08. The number of hydrogen-bond donors (Lipinski definition) is 1. The topological polar surface area (TPSA) is 70.3 Å². The maximum absolute atomic E-state index is 9.56. The van der Waals surface area contributed by atoms with Crippen molar-refractivity contribution in [2.24, 2.45) is 0 Å². The monoisotopic (exact) mass is 472 g/mol. The molecule has 4 aromatic rings. The van der Waals surface area contributed by atoms with Gasteiger partial charge in [-0.3, -0.25) is 0 Å². The van der Waals surface area contributed by atoms with Crippen molar-refractivity contribution in [3.05, 3.63) is 65.9 Å². The second-order valence-electron chi connectivity index (χ2n) is 8.62. The Labute approximate surface area is 203 Å². The summed E-state index contributed by atoms with van der Waals surface area (Å²) in [7, 11) is 3.32. The summed E-state index contributed by atoms with van der Waals surface area (Å²) < 4.78 is 31.0. The first-order valence-electron chi connectivity index (χ1n) is 11.6. The van der Waals surface area contributed by atoms with Crippen LogP contribution in [0.3, 0.4) is 0 Å². The van der Waals surface area contributed by atoms with Gasteiger partial charge >= 0.3 is 0 Å². The molecule has 2 aliphatic heterocycles. The van der Waals surface area contributed by atoms with E-state index >= 15 is 0 Å². The smallest absolute Gasteiger partial charge is 0.231 e. The Bertz CT molecular complexity index is 1430. The van der Waals surface area contributed by atoms with Crippen molar-refractivity contribution >= 4 is 10.8 Å². The van der Waals surface area contributed by atoms with E-state index in [0.29, 0.717) is 24.5 Å². The van der Waals surface area contributed by atoms with Crippen molar-refractivity contribution in [2.45, 2.75) is 19.4 Å². The fourth-order valence-electron chi connectivity index (χ4n) is 5.08. The van der Waals surface area contributed by atoms with Gasteiger partial charge in [0.15, 0.2) is 35.7 Å². The normalized spacial score (nSPS) is 13.3. The Morgan fingerprint density at radius 2 is 1.74 bits per heavy atom. The summed E-state index contributed by atoms with van der Waals surface area (Å²) in [4.78, 5) is 0. The summed E-state index contributed by atoms with van der Waals surface area (Å²) in [5.74, 6) is 3.93. The number of hydrogen-bond acceptors (Lipinski definition) is 6. The molecular formula is C28H26NO6+. The van der Waals surface area contributed by atoms with E-state index in [-0.39, 0.29) is 12.5 Å². The first-order chi connectivity index (χ1) is 17.2. The van der Waals surface area contributed by atoms with Crippen molar-refractivity contribution in [2.75, 3.05) is 27.6 Å². The summed E-state index contributed by atoms with van der Waals surface area (Å²) in [6.45, 7) is 1.56. The summed E-state index contributed by atoms with van der Waals surface area (Å²) in [5, 5.41) is 11.7. The molecule has 0 fully saturated rings. The molecule has 0 unspecified atom stereocenters. The number of pyridine rings is 1. The van der Waals surface area contributed by atoms with Crippen LogP contribution in [-0.4, -0.2) is 32.7 Å². The number of nitrogens with zero attached hydrogens (tertiary/aromatic N) is 1. The van der Waals surface area contributed by atoms with Crippen molar-refractivity contribution in [3.8, 4) is 45.8 Å². The van der Waals surface area contributed by atoms with Crippen LogP contribution in [0.25, 0.3) is 22.0 Å². The summed E-state index contributed by atoms with van der Waals surface area (Å²) in [6, 6.07) is 15.0. The molecule has 0 saturated carbocycles. The van der Waals surface area contributed by atoms with E-state index in [2.05, 4.69) is 29.0 Å². The fraction of sp³-hybridized carbons (Fsp3) is 0.250. The molecule has 7 heteroatoms. The second kappa shape index (κ2) is 8.58. The molecule has 0 aliphatic carbocycles. The third-order valence-electron chi connectivity index (χ3n) is 6.70. The van der Waals surface area contributed by atoms with Crippen molar-refractivity contribution in [1.82, 2.24) is 0 Å². The van der Waals surface area contributed by atoms with E-state index in [4.69, 9.17) is 23.7 Å². The average molecular weight is 473 g/mol. The number of phenolic OH excluding ortho intramolecular Hbond substituents is 1. The van der Waals surface area contributed by atoms with Gasteiger partial charge in [0.25, 0.3) is 0 Å². The highest BCUT2D eigenvalue weighted by Gasteiger charge is 2.32. The molecule has 0 radical (unpaired) electrons. The maximum atomic E-state index is 9.56. The molecule has 0 atom stereocenters. The van der Waals surface area contributed by atoms with Crippen LogP contribution < -0.4 is 28.3 Å². The van der Waals surface area contributed by atoms with Crippen LogP contribution in [0.15, 0.2) is 54.7 Å². The van der Waals surface area contributed by atoms with Crippen molar-refractivity contribution in [3.63, 3.8) is 0 Å². The van der Waals surface area contributed by atoms with E-state index < -0.39 is 0 Å². The number of phenols is 1. The van der Waals surface area contributed by atoms with Crippen molar-refractivity contribution < 1.29 is 33.4 Å². The van der Waals surface area contributed by atoms with Gasteiger partial charge in [-0.05, 0) is 54.1 Å². The number of methoxy groups -OCH3 is 2. The molecule has 0 saturated heterocycles. The molecular weight excluding hydrogens is 446 g/mol. The third-order valence-corrected chi connectivity index (χ3v) is 6.70. The number of benzene rings is 3. The number of fused-ring (bicyclic) bond motifs is 5. The Morgan fingerprint density at radius 3 is 2.51 bits per heavy atom. The maximum Gasteiger partial charge on any atom is 0.231 e. The number of rotatable bonds is 6. The predicted molar refractivity (Wildman–Crippen MR) is 130 cm³/mol. The summed E-state index contributed by atoms with van der Waals surface area (Å²) in [6.07, 6.45) is 3.73. The molecule has 2 aliphatic rings. The van der Waals surface area contributed by atoms with Gasteiger partial charge in [0.05, 0.1) is 31.8 Å².